The zero-order valence-corrected chi connectivity index (χ0v) is 18.3. The number of hydrogen-bond acceptors (Lipinski definition) is 4. The van der Waals surface area contributed by atoms with E-state index in [1.54, 1.807) is 0 Å². The van der Waals surface area contributed by atoms with Crippen LogP contribution in [-0.4, -0.2) is 54.0 Å². The van der Waals surface area contributed by atoms with Crippen LogP contribution in [0.2, 0.25) is 0 Å². The van der Waals surface area contributed by atoms with Gasteiger partial charge in [-0.25, -0.2) is 0 Å². The van der Waals surface area contributed by atoms with Crippen molar-refractivity contribution in [2.45, 2.75) is 82.6 Å². The summed E-state index contributed by atoms with van der Waals surface area (Å²) in [5, 5.41) is 8.77. The van der Waals surface area contributed by atoms with E-state index in [1.165, 1.54) is 6.92 Å². The van der Waals surface area contributed by atoms with Gasteiger partial charge in [-0.05, 0) is 57.8 Å². The van der Waals surface area contributed by atoms with E-state index in [4.69, 9.17) is 9.84 Å². The van der Waals surface area contributed by atoms with Crippen LogP contribution >= 0.6 is 0 Å². The normalized spacial score (nSPS) is 30.4. The number of ether oxygens (including phenoxy) is 2. The van der Waals surface area contributed by atoms with Gasteiger partial charge >= 0.3 is 24.5 Å². The minimum Gasteiger partial charge on any atom is -0.458 e. The number of esters is 1. The number of halogens is 9. The quantitative estimate of drug-likeness (QED) is 0.348. The summed E-state index contributed by atoms with van der Waals surface area (Å²) in [6.07, 6.45) is -18.8. The maximum atomic E-state index is 13.7. The fourth-order valence-electron chi connectivity index (χ4n) is 5.21. The first-order valence-corrected chi connectivity index (χ1v) is 10.5. The number of aliphatic hydroxyl groups is 1. The molecule has 2 rings (SSSR count). The van der Waals surface area contributed by atoms with Crippen molar-refractivity contribution in [3.05, 3.63) is 0 Å². The molecule has 0 aromatic rings. The molecule has 5 atom stereocenters. The lowest BCUT2D eigenvalue weighted by Crippen LogP contribution is -2.61. The Balaban J connectivity index is 2.35. The molecule has 2 aliphatic carbocycles. The summed E-state index contributed by atoms with van der Waals surface area (Å²) >= 11 is 0. The second kappa shape index (κ2) is 8.76. The largest absolute Gasteiger partial charge is 0.458 e. The van der Waals surface area contributed by atoms with E-state index in [9.17, 15) is 44.3 Å². The van der Waals surface area contributed by atoms with Crippen molar-refractivity contribution < 1.29 is 58.9 Å². The standard InChI is InChI=1S/C20H27F9O4/c1-4-15(2,18(21,22)23)14(31)33-16(3)9-11-7-12(13(16)8-11)10-17(19(24,25)26,20(27,28)29)32-6-5-30/h11-13,30H,4-10H2,1-3H3. The first-order valence-electron chi connectivity index (χ1n) is 10.5. The van der Waals surface area contributed by atoms with Gasteiger partial charge < -0.3 is 14.6 Å². The lowest BCUT2D eigenvalue weighted by molar-refractivity contribution is -0.387. The van der Waals surface area contributed by atoms with Gasteiger partial charge in [0.15, 0.2) is 5.41 Å². The maximum absolute atomic E-state index is 13.7. The van der Waals surface area contributed by atoms with E-state index >= 15 is 0 Å². The van der Waals surface area contributed by atoms with Gasteiger partial charge in [-0.3, -0.25) is 4.79 Å². The second-order valence-corrected chi connectivity index (χ2v) is 9.39. The highest BCUT2D eigenvalue weighted by Crippen LogP contribution is 2.61. The van der Waals surface area contributed by atoms with E-state index in [2.05, 4.69) is 4.74 Å². The smallest absolute Gasteiger partial charge is 0.426 e. The predicted molar refractivity (Wildman–Crippen MR) is 95.8 cm³/mol. The number of aliphatic hydroxyl groups excluding tert-OH is 1. The zero-order chi connectivity index (χ0) is 25.7. The van der Waals surface area contributed by atoms with Crippen molar-refractivity contribution in [2.75, 3.05) is 13.2 Å². The van der Waals surface area contributed by atoms with Crippen LogP contribution in [-0.2, 0) is 14.3 Å². The van der Waals surface area contributed by atoms with Crippen molar-refractivity contribution in [1.29, 1.82) is 0 Å². The Labute approximate surface area is 184 Å². The Morgan fingerprint density at radius 3 is 1.94 bits per heavy atom. The number of carbonyl (C=O) groups is 1. The molecule has 2 bridgehead atoms. The molecule has 2 fully saturated rings. The molecule has 0 radical (unpaired) electrons. The highest BCUT2D eigenvalue weighted by molar-refractivity contribution is 5.78. The lowest BCUT2D eigenvalue weighted by Gasteiger charge is -2.44. The maximum Gasteiger partial charge on any atom is 0.426 e. The van der Waals surface area contributed by atoms with Crippen molar-refractivity contribution >= 4 is 5.97 Å². The Morgan fingerprint density at radius 1 is 1.00 bits per heavy atom. The summed E-state index contributed by atoms with van der Waals surface area (Å²) in [5.41, 5.74) is -9.07. The van der Waals surface area contributed by atoms with Crippen LogP contribution in [0.3, 0.4) is 0 Å². The summed E-state index contributed by atoms with van der Waals surface area (Å²) < 4.78 is 132. The van der Waals surface area contributed by atoms with Crippen LogP contribution in [0.4, 0.5) is 39.5 Å². The molecule has 2 saturated carbocycles. The van der Waals surface area contributed by atoms with Crippen molar-refractivity contribution in [3.8, 4) is 0 Å². The van der Waals surface area contributed by atoms with E-state index < -0.39 is 84.9 Å². The number of hydrogen-bond donors (Lipinski definition) is 1. The first-order chi connectivity index (χ1) is 14.8. The summed E-state index contributed by atoms with van der Waals surface area (Å²) in [4.78, 5) is 12.5. The van der Waals surface area contributed by atoms with E-state index in [0.717, 1.165) is 6.92 Å². The number of fused-ring (bicyclic) bond motifs is 2. The third-order valence-corrected chi connectivity index (χ3v) is 7.29. The monoisotopic (exact) mass is 502 g/mol. The van der Waals surface area contributed by atoms with Gasteiger partial charge in [-0.1, -0.05) is 6.92 Å². The van der Waals surface area contributed by atoms with Gasteiger partial charge in [0.2, 0.25) is 0 Å². The van der Waals surface area contributed by atoms with Crippen molar-refractivity contribution in [2.24, 2.45) is 23.2 Å². The molecule has 0 aliphatic heterocycles. The Kier molecular flexibility index (Phi) is 7.43. The Bertz CT molecular complexity index is 704. The number of rotatable bonds is 8. The zero-order valence-electron chi connectivity index (χ0n) is 18.3. The van der Waals surface area contributed by atoms with Crippen LogP contribution in [0.1, 0.15) is 52.9 Å². The molecule has 0 spiro atoms. The Hall–Kier alpha value is -1.24. The van der Waals surface area contributed by atoms with Crippen molar-refractivity contribution in [1.82, 2.24) is 0 Å². The van der Waals surface area contributed by atoms with Crippen LogP contribution in [0, 0.1) is 23.2 Å². The molecule has 5 unspecified atom stereocenters. The molecule has 0 aromatic carbocycles. The van der Waals surface area contributed by atoms with Crippen LogP contribution in [0.15, 0.2) is 0 Å². The predicted octanol–water partition coefficient (Wildman–Crippen LogP) is 5.58. The summed E-state index contributed by atoms with van der Waals surface area (Å²) in [5.74, 6) is -4.31. The van der Waals surface area contributed by atoms with Crippen molar-refractivity contribution in [3.63, 3.8) is 0 Å². The molecular formula is C20H27F9O4. The number of alkyl halides is 9. The average molecular weight is 502 g/mol. The van der Waals surface area contributed by atoms with Crippen LogP contribution in [0.5, 0.6) is 0 Å². The molecule has 0 amide bonds. The molecule has 194 valence electrons. The summed E-state index contributed by atoms with van der Waals surface area (Å²) in [6, 6.07) is 0. The molecule has 13 heteroatoms. The molecule has 2 aliphatic rings. The van der Waals surface area contributed by atoms with Gasteiger partial charge in [0.1, 0.15) is 5.60 Å². The molecule has 33 heavy (non-hydrogen) atoms. The van der Waals surface area contributed by atoms with Gasteiger partial charge in [-0.15, -0.1) is 0 Å². The first kappa shape index (κ1) is 28.0. The third kappa shape index (κ3) is 4.81. The van der Waals surface area contributed by atoms with Gasteiger partial charge in [-0.2, -0.15) is 39.5 Å². The Morgan fingerprint density at radius 2 is 1.55 bits per heavy atom. The third-order valence-electron chi connectivity index (χ3n) is 7.29. The highest BCUT2D eigenvalue weighted by Gasteiger charge is 2.74. The molecule has 0 aromatic heterocycles. The SMILES string of the molecule is CCC(C)(C(=O)OC1(C)CC2CC(CC(OCCO)(C(F)(F)F)C(F)(F)F)C1C2)C(F)(F)F. The molecule has 0 saturated heterocycles. The second-order valence-electron chi connectivity index (χ2n) is 9.39. The fraction of sp³-hybridized carbons (Fsp3) is 0.950. The molecular weight excluding hydrogens is 475 g/mol. The van der Waals surface area contributed by atoms with E-state index in [0.29, 0.717) is 6.92 Å². The lowest BCUT2D eigenvalue weighted by atomic mass is 9.72. The molecule has 1 N–H and O–H groups in total. The minimum atomic E-state index is -5.87. The minimum absolute atomic E-state index is 0.0418. The fourth-order valence-corrected chi connectivity index (χ4v) is 5.21. The van der Waals surface area contributed by atoms with Crippen LogP contribution < -0.4 is 0 Å². The van der Waals surface area contributed by atoms with Gasteiger partial charge in [0.05, 0.1) is 13.2 Å². The topological polar surface area (TPSA) is 55.8 Å². The summed E-state index contributed by atoms with van der Waals surface area (Å²) in [7, 11) is 0. The van der Waals surface area contributed by atoms with E-state index in [1.807, 2.05) is 0 Å². The van der Waals surface area contributed by atoms with Crippen LogP contribution in [0.25, 0.3) is 0 Å². The summed E-state index contributed by atoms with van der Waals surface area (Å²) in [6.45, 7) is 0.732. The van der Waals surface area contributed by atoms with E-state index in [-0.39, 0.29) is 19.3 Å². The average Bonchev–Trinajstić information content (AvgIpc) is 3.17. The number of carbonyl (C=O) groups excluding carboxylic acids is 1. The van der Waals surface area contributed by atoms with Gasteiger partial charge in [0.25, 0.3) is 5.60 Å². The highest BCUT2D eigenvalue weighted by atomic mass is 19.4. The van der Waals surface area contributed by atoms with Gasteiger partial charge in [0, 0.05) is 5.92 Å². The molecule has 0 heterocycles. The molecule has 4 nitrogen and oxygen atoms in total.